The van der Waals surface area contributed by atoms with Gasteiger partial charge in [0.15, 0.2) is 0 Å². The zero-order valence-corrected chi connectivity index (χ0v) is 13.6. The molecular formula is C18H18BrFO. The highest BCUT2D eigenvalue weighted by Gasteiger charge is 2.26. The van der Waals surface area contributed by atoms with Crippen LogP contribution in [-0.2, 0) is 6.42 Å². The maximum absolute atomic E-state index is 13.0. The molecule has 0 amide bonds. The van der Waals surface area contributed by atoms with Gasteiger partial charge in [0.05, 0.1) is 0 Å². The highest BCUT2D eigenvalue weighted by molar-refractivity contribution is 9.09. The van der Waals surface area contributed by atoms with Crippen molar-refractivity contribution in [1.29, 1.82) is 0 Å². The smallest absolute Gasteiger partial charge is 0.123 e. The van der Waals surface area contributed by atoms with E-state index in [2.05, 4.69) is 41.1 Å². The molecule has 2 aromatic rings. The summed E-state index contributed by atoms with van der Waals surface area (Å²) in [4.78, 5) is 0. The van der Waals surface area contributed by atoms with Gasteiger partial charge in [-0.1, -0.05) is 45.8 Å². The van der Waals surface area contributed by atoms with E-state index in [-0.39, 0.29) is 11.9 Å². The Balaban J connectivity index is 1.70. The Kier molecular flexibility index (Phi) is 4.29. The van der Waals surface area contributed by atoms with E-state index in [9.17, 15) is 4.39 Å². The summed E-state index contributed by atoms with van der Waals surface area (Å²) in [5, 5.41) is 0.855. The monoisotopic (exact) mass is 348 g/mol. The first kappa shape index (κ1) is 14.6. The fourth-order valence-electron chi connectivity index (χ4n) is 2.92. The standard InChI is InChI=1S/C18H18BrFO/c1-12-2-7-18-14(8-12)9-17(21-18)10-15(11-19)13-3-5-16(20)6-4-13/h2-8,15,17H,9-11H2,1H3. The molecule has 2 atom stereocenters. The summed E-state index contributed by atoms with van der Waals surface area (Å²) in [6.07, 6.45) is 2.10. The van der Waals surface area contributed by atoms with Crippen LogP contribution in [0.1, 0.15) is 29.0 Å². The average molecular weight is 349 g/mol. The topological polar surface area (TPSA) is 9.23 Å². The molecule has 110 valence electrons. The minimum absolute atomic E-state index is 0.188. The van der Waals surface area contributed by atoms with Crippen molar-refractivity contribution < 1.29 is 9.13 Å². The third kappa shape index (κ3) is 3.29. The summed E-state index contributed by atoms with van der Waals surface area (Å²) >= 11 is 3.58. The maximum atomic E-state index is 13.0. The van der Waals surface area contributed by atoms with Crippen molar-refractivity contribution >= 4 is 15.9 Å². The van der Waals surface area contributed by atoms with E-state index >= 15 is 0 Å². The van der Waals surface area contributed by atoms with Gasteiger partial charge in [-0.25, -0.2) is 4.39 Å². The number of alkyl halides is 1. The van der Waals surface area contributed by atoms with Gasteiger partial charge in [-0.3, -0.25) is 0 Å². The van der Waals surface area contributed by atoms with Crippen molar-refractivity contribution in [3.63, 3.8) is 0 Å². The Hall–Kier alpha value is -1.35. The Morgan fingerprint density at radius 2 is 2.00 bits per heavy atom. The number of benzene rings is 2. The van der Waals surface area contributed by atoms with Crippen molar-refractivity contribution in [2.24, 2.45) is 0 Å². The van der Waals surface area contributed by atoms with Crippen LogP contribution in [0.15, 0.2) is 42.5 Å². The molecule has 2 unspecified atom stereocenters. The highest BCUT2D eigenvalue weighted by Crippen LogP contribution is 2.34. The maximum Gasteiger partial charge on any atom is 0.123 e. The molecule has 0 bridgehead atoms. The molecule has 0 aromatic heterocycles. The second-order valence-corrected chi connectivity index (χ2v) is 6.34. The molecule has 21 heavy (non-hydrogen) atoms. The van der Waals surface area contributed by atoms with Crippen LogP contribution in [0.5, 0.6) is 5.75 Å². The largest absolute Gasteiger partial charge is 0.490 e. The third-order valence-corrected chi connectivity index (χ3v) is 4.81. The number of ether oxygens (including phenoxy) is 1. The molecule has 1 heterocycles. The van der Waals surface area contributed by atoms with Gasteiger partial charge in [0.1, 0.15) is 17.7 Å². The molecule has 0 saturated carbocycles. The molecular weight excluding hydrogens is 331 g/mol. The van der Waals surface area contributed by atoms with E-state index in [1.165, 1.54) is 23.3 Å². The van der Waals surface area contributed by atoms with Gasteiger partial charge in [0.25, 0.3) is 0 Å². The predicted octanol–water partition coefficient (Wildman–Crippen LogP) is 5.01. The van der Waals surface area contributed by atoms with Crippen LogP contribution in [0, 0.1) is 12.7 Å². The number of aryl methyl sites for hydroxylation is 1. The zero-order valence-electron chi connectivity index (χ0n) is 12.0. The molecule has 3 heteroatoms. The van der Waals surface area contributed by atoms with Gasteiger partial charge in [-0.05, 0) is 48.6 Å². The molecule has 1 aliphatic heterocycles. The summed E-state index contributed by atoms with van der Waals surface area (Å²) in [5.41, 5.74) is 3.73. The fourth-order valence-corrected chi connectivity index (χ4v) is 3.56. The Morgan fingerprint density at radius 1 is 1.24 bits per heavy atom. The minimum Gasteiger partial charge on any atom is -0.490 e. The van der Waals surface area contributed by atoms with Crippen molar-refractivity contribution in [2.75, 3.05) is 5.33 Å². The third-order valence-electron chi connectivity index (χ3n) is 4.03. The number of halogens is 2. The van der Waals surface area contributed by atoms with Crippen molar-refractivity contribution in [3.8, 4) is 5.75 Å². The van der Waals surface area contributed by atoms with Gasteiger partial charge in [-0.2, -0.15) is 0 Å². The lowest BCUT2D eigenvalue weighted by Gasteiger charge is -2.19. The van der Waals surface area contributed by atoms with Gasteiger partial charge >= 0.3 is 0 Å². The molecule has 3 rings (SSSR count). The van der Waals surface area contributed by atoms with Crippen LogP contribution >= 0.6 is 15.9 Å². The fraction of sp³-hybridized carbons (Fsp3) is 0.333. The molecule has 1 aliphatic rings. The highest BCUT2D eigenvalue weighted by atomic mass is 79.9. The number of rotatable bonds is 4. The Labute approximate surface area is 133 Å². The lowest BCUT2D eigenvalue weighted by Crippen LogP contribution is -2.18. The average Bonchev–Trinajstić information content (AvgIpc) is 2.87. The summed E-state index contributed by atoms with van der Waals surface area (Å²) in [6, 6.07) is 13.1. The summed E-state index contributed by atoms with van der Waals surface area (Å²) < 4.78 is 19.1. The molecule has 0 fully saturated rings. The van der Waals surface area contributed by atoms with Crippen LogP contribution in [-0.4, -0.2) is 11.4 Å². The lowest BCUT2D eigenvalue weighted by molar-refractivity contribution is 0.213. The molecule has 0 spiro atoms. The molecule has 0 saturated heterocycles. The minimum atomic E-state index is -0.188. The quantitative estimate of drug-likeness (QED) is 0.706. The Bertz CT molecular complexity index is 624. The van der Waals surface area contributed by atoms with E-state index in [0.717, 1.165) is 29.5 Å². The molecule has 1 nitrogen and oxygen atoms in total. The normalized spacial score (nSPS) is 18.1. The Morgan fingerprint density at radius 3 is 2.71 bits per heavy atom. The zero-order chi connectivity index (χ0) is 14.8. The van der Waals surface area contributed by atoms with E-state index in [1.54, 1.807) is 0 Å². The SMILES string of the molecule is Cc1ccc2c(c1)CC(CC(CBr)c1ccc(F)cc1)O2. The summed E-state index contributed by atoms with van der Waals surface area (Å²) in [6.45, 7) is 2.10. The number of fused-ring (bicyclic) bond motifs is 1. The molecule has 0 radical (unpaired) electrons. The van der Waals surface area contributed by atoms with Gasteiger partial charge < -0.3 is 4.74 Å². The molecule has 0 N–H and O–H groups in total. The summed E-state index contributed by atoms with van der Waals surface area (Å²) in [7, 11) is 0. The van der Waals surface area contributed by atoms with Crippen molar-refractivity contribution in [1.82, 2.24) is 0 Å². The van der Waals surface area contributed by atoms with E-state index in [4.69, 9.17) is 4.74 Å². The summed E-state index contributed by atoms with van der Waals surface area (Å²) in [5.74, 6) is 1.16. The first-order chi connectivity index (χ1) is 10.2. The predicted molar refractivity (Wildman–Crippen MR) is 86.9 cm³/mol. The van der Waals surface area contributed by atoms with Crippen LogP contribution < -0.4 is 4.74 Å². The number of hydrogen-bond donors (Lipinski definition) is 0. The van der Waals surface area contributed by atoms with Crippen LogP contribution in [0.25, 0.3) is 0 Å². The van der Waals surface area contributed by atoms with Gasteiger partial charge in [-0.15, -0.1) is 0 Å². The van der Waals surface area contributed by atoms with E-state index in [0.29, 0.717) is 5.92 Å². The van der Waals surface area contributed by atoms with Gasteiger partial charge in [0, 0.05) is 11.8 Å². The van der Waals surface area contributed by atoms with E-state index < -0.39 is 0 Å². The molecule has 0 aliphatic carbocycles. The van der Waals surface area contributed by atoms with Crippen LogP contribution in [0.2, 0.25) is 0 Å². The lowest BCUT2D eigenvalue weighted by atomic mass is 9.93. The second-order valence-electron chi connectivity index (χ2n) is 5.69. The first-order valence-corrected chi connectivity index (χ1v) is 8.35. The van der Waals surface area contributed by atoms with Crippen LogP contribution in [0.3, 0.4) is 0 Å². The first-order valence-electron chi connectivity index (χ1n) is 7.23. The van der Waals surface area contributed by atoms with E-state index in [1.807, 2.05) is 12.1 Å². The molecule has 2 aromatic carbocycles. The van der Waals surface area contributed by atoms with Crippen molar-refractivity contribution in [3.05, 3.63) is 65.0 Å². The second kappa shape index (κ2) is 6.18. The van der Waals surface area contributed by atoms with Crippen molar-refractivity contribution in [2.45, 2.75) is 31.8 Å². The van der Waals surface area contributed by atoms with Gasteiger partial charge in [0.2, 0.25) is 0 Å². The number of hydrogen-bond acceptors (Lipinski definition) is 1. The van der Waals surface area contributed by atoms with Crippen LogP contribution in [0.4, 0.5) is 4.39 Å².